The van der Waals surface area contributed by atoms with Gasteiger partial charge < -0.3 is 9.32 Å². The Morgan fingerprint density at radius 2 is 1.38 bits per heavy atom. The molecule has 0 radical (unpaired) electrons. The zero-order valence-corrected chi connectivity index (χ0v) is 21.3. The molecule has 5 aromatic rings. The predicted octanol–water partition coefficient (Wildman–Crippen LogP) is 9.08. The molecule has 2 nitrogen and oxygen atoms in total. The van der Waals surface area contributed by atoms with Crippen molar-refractivity contribution >= 4 is 33.3 Å². The van der Waals surface area contributed by atoms with Crippen molar-refractivity contribution in [2.75, 3.05) is 11.9 Å². The van der Waals surface area contributed by atoms with Crippen LogP contribution in [0, 0.1) is 23.7 Å². The zero-order chi connectivity index (χ0) is 24.3. The average Bonchev–Trinajstić information content (AvgIpc) is 3.45. The molecule has 4 bridgehead atoms. The van der Waals surface area contributed by atoms with Crippen LogP contribution in [0.1, 0.15) is 43.2 Å². The zero-order valence-electron chi connectivity index (χ0n) is 21.3. The van der Waals surface area contributed by atoms with Gasteiger partial charge in [-0.3, -0.25) is 0 Å². The van der Waals surface area contributed by atoms with E-state index in [9.17, 15) is 0 Å². The van der Waals surface area contributed by atoms with Crippen molar-refractivity contribution in [3.8, 4) is 11.1 Å². The number of hydrogen-bond acceptors (Lipinski definition) is 2. The summed E-state index contributed by atoms with van der Waals surface area (Å²) in [7, 11) is 2.26. The van der Waals surface area contributed by atoms with Gasteiger partial charge in [-0.25, -0.2) is 0 Å². The summed E-state index contributed by atoms with van der Waals surface area (Å²) < 4.78 is 6.28. The molecule has 1 aromatic heterocycles. The van der Waals surface area contributed by atoms with Crippen LogP contribution in [0.15, 0.2) is 89.3 Å². The van der Waals surface area contributed by atoms with Gasteiger partial charge in [-0.1, -0.05) is 54.6 Å². The average molecular weight is 482 g/mol. The first kappa shape index (κ1) is 20.5. The molecule has 0 atom stereocenters. The van der Waals surface area contributed by atoms with E-state index >= 15 is 0 Å². The van der Waals surface area contributed by atoms with Gasteiger partial charge in [0.2, 0.25) is 0 Å². The molecule has 0 aliphatic heterocycles. The second-order valence-corrected chi connectivity index (χ2v) is 12.3. The fourth-order valence-electron chi connectivity index (χ4n) is 9.53. The molecule has 1 heterocycles. The fraction of sp³-hybridized carbons (Fsp3) is 0.314. The SMILES string of the molecule is CN(c1ccc2c(c1)oc1ccccc12)c1cccc2c1C1(c3ccccc3-2)C2CC3CC(C2)CC1C3. The molecule has 37 heavy (non-hydrogen) atoms. The summed E-state index contributed by atoms with van der Waals surface area (Å²) in [5, 5.41) is 2.38. The monoisotopic (exact) mass is 481 g/mol. The standard InChI is InChI=1S/C35H31NO/c1-36(25-13-14-28-27-8-3-5-12-32(27)37-33(28)20-25)31-11-6-9-29-26-7-2-4-10-30(26)35(34(29)31)23-16-21-15-22(18-23)19-24(35)17-21/h2-14,20-24H,15-19H2,1H3. The van der Waals surface area contributed by atoms with E-state index in [1.54, 1.807) is 11.1 Å². The van der Waals surface area contributed by atoms with E-state index in [4.69, 9.17) is 4.42 Å². The first-order valence-corrected chi connectivity index (χ1v) is 14.1. The Balaban J connectivity index is 1.26. The Bertz CT molecular complexity index is 1700. The summed E-state index contributed by atoms with van der Waals surface area (Å²) in [5.74, 6) is 3.42. The second kappa shape index (κ2) is 7.07. The lowest BCUT2D eigenvalue weighted by Crippen LogP contribution is -2.55. The van der Waals surface area contributed by atoms with Crippen LogP contribution in [0.2, 0.25) is 0 Å². The van der Waals surface area contributed by atoms with Gasteiger partial charge in [-0.15, -0.1) is 0 Å². The van der Waals surface area contributed by atoms with Gasteiger partial charge in [-0.05, 0) is 102 Å². The summed E-state index contributed by atoms with van der Waals surface area (Å²) in [6, 6.07) is 31.5. The number of fused-ring (bicyclic) bond motifs is 6. The molecule has 5 aliphatic carbocycles. The molecule has 0 N–H and O–H groups in total. The first-order chi connectivity index (χ1) is 18.2. The second-order valence-electron chi connectivity index (χ2n) is 12.3. The Morgan fingerprint density at radius 3 is 2.22 bits per heavy atom. The molecule has 182 valence electrons. The van der Waals surface area contributed by atoms with Crippen LogP contribution < -0.4 is 4.90 Å². The van der Waals surface area contributed by atoms with Gasteiger partial charge in [-0.2, -0.15) is 0 Å². The lowest BCUT2D eigenvalue weighted by Gasteiger charge is -2.61. The van der Waals surface area contributed by atoms with Gasteiger partial charge in [0.15, 0.2) is 0 Å². The molecule has 10 rings (SSSR count). The van der Waals surface area contributed by atoms with E-state index in [2.05, 4.69) is 90.8 Å². The topological polar surface area (TPSA) is 16.4 Å². The highest BCUT2D eigenvalue weighted by Crippen LogP contribution is 2.70. The predicted molar refractivity (Wildman–Crippen MR) is 151 cm³/mol. The van der Waals surface area contributed by atoms with Gasteiger partial charge in [0, 0.05) is 40.7 Å². The molecule has 0 saturated heterocycles. The summed E-state index contributed by atoms with van der Waals surface area (Å²) in [4.78, 5) is 2.43. The van der Waals surface area contributed by atoms with Crippen LogP contribution in [0.25, 0.3) is 33.1 Å². The summed E-state index contributed by atoms with van der Waals surface area (Å²) in [5.41, 5.74) is 10.8. The maximum Gasteiger partial charge on any atom is 0.137 e. The molecule has 4 fully saturated rings. The lowest BCUT2D eigenvalue weighted by atomic mass is 9.43. The lowest BCUT2D eigenvalue weighted by molar-refractivity contribution is -0.0397. The molecular weight excluding hydrogens is 450 g/mol. The van der Waals surface area contributed by atoms with E-state index < -0.39 is 0 Å². The Morgan fingerprint density at radius 1 is 0.676 bits per heavy atom. The third-order valence-electron chi connectivity index (χ3n) is 10.7. The van der Waals surface area contributed by atoms with Gasteiger partial charge in [0.05, 0.1) is 0 Å². The summed E-state index contributed by atoms with van der Waals surface area (Å²) in [6.07, 6.45) is 7.11. The molecule has 4 aromatic carbocycles. The van der Waals surface area contributed by atoms with Crippen molar-refractivity contribution in [3.05, 3.63) is 96.1 Å². The molecule has 1 spiro atoms. The van der Waals surface area contributed by atoms with E-state index in [-0.39, 0.29) is 5.41 Å². The summed E-state index contributed by atoms with van der Waals surface area (Å²) in [6.45, 7) is 0. The van der Waals surface area contributed by atoms with E-state index in [0.29, 0.717) is 0 Å². The van der Waals surface area contributed by atoms with Crippen molar-refractivity contribution in [2.45, 2.75) is 37.5 Å². The van der Waals surface area contributed by atoms with E-state index in [0.717, 1.165) is 34.8 Å². The van der Waals surface area contributed by atoms with Crippen molar-refractivity contribution in [1.29, 1.82) is 0 Å². The molecule has 0 amide bonds. The van der Waals surface area contributed by atoms with Crippen molar-refractivity contribution < 1.29 is 4.42 Å². The van der Waals surface area contributed by atoms with Gasteiger partial charge in [0.1, 0.15) is 11.2 Å². The smallest absolute Gasteiger partial charge is 0.137 e. The van der Waals surface area contributed by atoms with E-state index in [1.807, 2.05) is 6.07 Å². The molecule has 5 aliphatic rings. The largest absolute Gasteiger partial charge is 0.456 e. The minimum Gasteiger partial charge on any atom is -0.456 e. The number of furan rings is 1. The number of benzene rings is 4. The first-order valence-electron chi connectivity index (χ1n) is 14.1. The Labute approximate surface area is 217 Å². The molecular formula is C35H31NO. The maximum absolute atomic E-state index is 6.28. The normalized spacial score (nSPS) is 28.8. The fourth-order valence-corrected chi connectivity index (χ4v) is 9.53. The maximum atomic E-state index is 6.28. The highest BCUT2D eigenvalue weighted by Gasteiger charge is 2.62. The summed E-state index contributed by atoms with van der Waals surface area (Å²) >= 11 is 0. The Kier molecular flexibility index (Phi) is 3.92. The number of anilines is 2. The van der Waals surface area contributed by atoms with Crippen molar-refractivity contribution in [1.82, 2.24) is 0 Å². The molecule has 4 saturated carbocycles. The highest BCUT2D eigenvalue weighted by molar-refractivity contribution is 6.06. The number of hydrogen-bond donors (Lipinski definition) is 0. The molecule has 2 heteroatoms. The number of para-hydroxylation sites is 1. The van der Waals surface area contributed by atoms with Crippen LogP contribution in [-0.4, -0.2) is 7.05 Å². The third-order valence-corrected chi connectivity index (χ3v) is 10.7. The van der Waals surface area contributed by atoms with Gasteiger partial charge >= 0.3 is 0 Å². The van der Waals surface area contributed by atoms with Crippen LogP contribution in [0.5, 0.6) is 0 Å². The number of rotatable bonds is 2. The Hall–Kier alpha value is -3.52. The molecule has 0 unspecified atom stereocenters. The van der Waals surface area contributed by atoms with Crippen LogP contribution in [0.3, 0.4) is 0 Å². The van der Waals surface area contributed by atoms with Crippen molar-refractivity contribution in [3.63, 3.8) is 0 Å². The minimum atomic E-state index is 0.160. The van der Waals surface area contributed by atoms with Crippen LogP contribution in [0.4, 0.5) is 11.4 Å². The van der Waals surface area contributed by atoms with E-state index in [1.165, 1.54) is 65.4 Å². The quantitative estimate of drug-likeness (QED) is 0.250. The number of nitrogens with zero attached hydrogens (tertiary/aromatic N) is 1. The van der Waals surface area contributed by atoms with Crippen LogP contribution >= 0.6 is 0 Å². The van der Waals surface area contributed by atoms with Gasteiger partial charge in [0.25, 0.3) is 0 Å². The van der Waals surface area contributed by atoms with Crippen molar-refractivity contribution in [2.24, 2.45) is 23.7 Å². The highest BCUT2D eigenvalue weighted by atomic mass is 16.3. The minimum absolute atomic E-state index is 0.160. The third kappa shape index (κ3) is 2.52. The van der Waals surface area contributed by atoms with Crippen LogP contribution in [-0.2, 0) is 5.41 Å².